The third-order valence-electron chi connectivity index (χ3n) is 5.84. The highest BCUT2D eigenvalue weighted by atomic mass is 17.1. The molecule has 0 spiro atoms. The molecule has 2 aromatic carbocycles. The fourth-order valence-electron chi connectivity index (χ4n) is 3.98. The van der Waals surface area contributed by atoms with E-state index in [4.69, 9.17) is 24.2 Å². The Morgan fingerprint density at radius 1 is 0.971 bits per heavy atom. The van der Waals surface area contributed by atoms with Gasteiger partial charge in [-0.1, -0.05) is 6.07 Å². The van der Waals surface area contributed by atoms with Gasteiger partial charge in [0.25, 0.3) is 0 Å². The summed E-state index contributed by atoms with van der Waals surface area (Å²) in [6.45, 7) is 1.45. The van der Waals surface area contributed by atoms with E-state index in [1.807, 2.05) is 0 Å². The largest absolute Gasteiger partial charge is 0.507 e. The first kappa shape index (κ1) is 24.0. The zero-order valence-corrected chi connectivity index (χ0v) is 18.1. The van der Waals surface area contributed by atoms with E-state index in [1.54, 1.807) is 0 Å². The second-order valence-corrected chi connectivity index (χ2v) is 7.99. The molecule has 34 heavy (non-hydrogen) atoms. The molecule has 0 amide bonds. The van der Waals surface area contributed by atoms with E-state index in [0.29, 0.717) is 0 Å². The smallest absolute Gasteiger partial charge is 0.203 e. The van der Waals surface area contributed by atoms with Crippen LogP contribution < -0.4 is 9.47 Å². The van der Waals surface area contributed by atoms with Crippen molar-refractivity contribution in [1.82, 2.24) is 0 Å². The molecule has 12 heteroatoms. The molecule has 0 radical (unpaired) electrons. The number of carbonyl (C=O) groups excluding carboxylic acids is 1. The second-order valence-electron chi connectivity index (χ2n) is 7.99. The number of aliphatic hydroxyl groups excluding tert-OH is 2. The van der Waals surface area contributed by atoms with E-state index >= 15 is 0 Å². The molecule has 0 bridgehead atoms. The van der Waals surface area contributed by atoms with Crippen LogP contribution in [0.1, 0.15) is 28.9 Å². The van der Waals surface area contributed by atoms with Crippen LogP contribution in [0.5, 0.6) is 28.7 Å². The molecule has 1 saturated heterocycles. The number of benzene rings is 2. The summed E-state index contributed by atoms with van der Waals surface area (Å²) in [4.78, 5) is 17.6. The summed E-state index contributed by atoms with van der Waals surface area (Å²) >= 11 is 0. The molecule has 7 unspecified atom stereocenters. The molecule has 0 aliphatic carbocycles. The van der Waals surface area contributed by atoms with E-state index in [0.717, 1.165) is 0 Å². The van der Waals surface area contributed by atoms with Crippen LogP contribution in [0.15, 0.2) is 30.3 Å². The van der Waals surface area contributed by atoms with Crippen molar-refractivity contribution >= 4 is 5.78 Å². The van der Waals surface area contributed by atoms with Gasteiger partial charge in [-0.25, -0.2) is 4.89 Å². The Kier molecular flexibility index (Phi) is 6.53. The average molecular weight is 480 g/mol. The van der Waals surface area contributed by atoms with Gasteiger partial charge >= 0.3 is 0 Å². The van der Waals surface area contributed by atoms with Crippen molar-refractivity contribution < 1.29 is 59.4 Å². The van der Waals surface area contributed by atoms with Crippen LogP contribution in [-0.4, -0.2) is 80.5 Å². The Labute approximate surface area is 193 Å². The summed E-state index contributed by atoms with van der Waals surface area (Å²) < 4.78 is 22.3. The van der Waals surface area contributed by atoms with Gasteiger partial charge in [-0.2, -0.15) is 0 Å². The zero-order valence-electron chi connectivity index (χ0n) is 18.1. The summed E-state index contributed by atoms with van der Waals surface area (Å²) in [6.07, 6.45) is -9.85. The zero-order chi connectivity index (χ0) is 24.7. The number of aliphatic hydroxyl groups is 2. The van der Waals surface area contributed by atoms with E-state index in [2.05, 4.69) is 4.89 Å². The maximum atomic E-state index is 13.5. The Morgan fingerprint density at radius 3 is 2.35 bits per heavy atom. The average Bonchev–Trinajstić information content (AvgIpc) is 2.80. The van der Waals surface area contributed by atoms with Crippen LogP contribution in [0.4, 0.5) is 0 Å². The Hall–Kier alpha value is -3.13. The first-order chi connectivity index (χ1) is 16.2. The number of phenols is 3. The molecule has 0 saturated carbocycles. The number of hydrogen-bond donors (Lipinski definition) is 6. The molecule has 2 aliphatic rings. The third-order valence-corrected chi connectivity index (χ3v) is 5.84. The van der Waals surface area contributed by atoms with Crippen molar-refractivity contribution in [3.63, 3.8) is 0 Å². The topological polar surface area (TPSA) is 185 Å². The predicted octanol–water partition coefficient (Wildman–Crippen LogP) is 0.838. The van der Waals surface area contributed by atoms with Crippen LogP contribution in [0.25, 0.3) is 0 Å². The molecule has 2 aromatic rings. The molecular formula is C22H24O12. The highest BCUT2D eigenvalue weighted by molar-refractivity contribution is 6.05. The van der Waals surface area contributed by atoms with E-state index in [1.165, 1.54) is 44.4 Å². The predicted molar refractivity (Wildman–Crippen MR) is 111 cm³/mol. The van der Waals surface area contributed by atoms with Crippen molar-refractivity contribution in [3.8, 4) is 28.7 Å². The second kappa shape index (κ2) is 9.25. The van der Waals surface area contributed by atoms with E-state index < -0.39 is 65.9 Å². The minimum atomic E-state index is -1.70. The lowest BCUT2D eigenvalue weighted by Crippen LogP contribution is -2.59. The monoisotopic (exact) mass is 480 g/mol. The molecule has 2 aliphatic heterocycles. The van der Waals surface area contributed by atoms with Crippen LogP contribution in [-0.2, 0) is 14.4 Å². The molecule has 184 valence electrons. The highest BCUT2D eigenvalue weighted by Gasteiger charge is 2.49. The number of aromatic hydroxyl groups is 3. The van der Waals surface area contributed by atoms with E-state index in [9.17, 15) is 30.3 Å². The van der Waals surface area contributed by atoms with Gasteiger partial charge in [0.2, 0.25) is 5.78 Å². The summed E-state index contributed by atoms with van der Waals surface area (Å²) in [5, 5.41) is 59.8. The number of rotatable bonds is 5. The first-order valence-corrected chi connectivity index (χ1v) is 10.3. The summed E-state index contributed by atoms with van der Waals surface area (Å²) in [5.74, 6) is -1.87. The summed E-state index contributed by atoms with van der Waals surface area (Å²) in [7, 11) is 1.37. The molecule has 2 heterocycles. The lowest BCUT2D eigenvalue weighted by atomic mass is 9.92. The molecule has 6 N–H and O–H groups in total. The van der Waals surface area contributed by atoms with Crippen LogP contribution in [0.3, 0.4) is 0 Å². The molecule has 12 nitrogen and oxygen atoms in total. The standard InChI is InChI=1S/C22H24O12/c1-8-16(26)20(34-29)18(28)22(31-8)33-21-17(27)15-13(25)6-10(30-2)7-14(15)32-19(21)9-3-4-11(23)12(24)5-9/h3-8,16,18-26,28-29H,1-2H3. The number of Topliss-reactive ketones (excluding diaryl/α,β-unsaturated/α-hetero) is 1. The number of methoxy groups -OCH3 is 1. The van der Waals surface area contributed by atoms with Gasteiger partial charge in [-0.05, 0) is 24.6 Å². The number of hydrogen-bond acceptors (Lipinski definition) is 12. The maximum absolute atomic E-state index is 13.5. The number of ketones is 1. The van der Waals surface area contributed by atoms with Crippen molar-refractivity contribution in [2.24, 2.45) is 0 Å². The fraction of sp³-hybridized carbons (Fsp3) is 0.409. The lowest BCUT2D eigenvalue weighted by molar-refractivity contribution is -0.377. The van der Waals surface area contributed by atoms with Gasteiger partial charge < -0.3 is 44.5 Å². The number of phenolic OH excluding ortho intramolecular Hbond substituents is 3. The number of fused-ring (bicyclic) bond motifs is 1. The van der Waals surface area contributed by atoms with Gasteiger partial charge in [0.05, 0.1) is 13.2 Å². The van der Waals surface area contributed by atoms with Gasteiger partial charge in [-0.15, -0.1) is 0 Å². The summed E-state index contributed by atoms with van der Waals surface area (Å²) in [5.41, 5.74) is 0.00772. The Morgan fingerprint density at radius 2 is 1.71 bits per heavy atom. The SMILES string of the molecule is COc1cc(O)c2c(c1)OC(c1ccc(O)c(O)c1)C(OC1OC(C)C(O)C(OO)C1O)C2=O. The fourth-order valence-corrected chi connectivity index (χ4v) is 3.98. The highest BCUT2D eigenvalue weighted by Crippen LogP contribution is 2.44. The van der Waals surface area contributed by atoms with Crippen LogP contribution in [0, 0.1) is 0 Å². The van der Waals surface area contributed by atoms with Crippen LogP contribution >= 0.6 is 0 Å². The van der Waals surface area contributed by atoms with Gasteiger partial charge in [-0.3, -0.25) is 10.1 Å². The lowest BCUT2D eigenvalue weighted by Gasteiger charge is -2.42. The normalized spacial score (nSPS) is 31.0. The maximum Gasteiger partial charge on any atom is 0.203 e. The molecular weight excluding hydrogens is 456 g/mol. The Bertz CT molecular complexity index is 1070. The number of ether oxygens (including phenoxy) is 4. The third kappa shape index (κ3) is 4.11. The van der Waals surface area contributed by atoms with Gasteiger partial charge in [0.1, 0.15) is 35.0 Å². The Balaban J connectivity index is 1.76. The first-order valence-electron chi connectivity index (χ1n) is 10.3. The van der Waals surface area contributed by atoms with Crippen LogP contribution in [0.2, 0.25) is 0 Å². The minimum Gasteiger partial charge on any atom is -0.507 e. The summed E-state index contributed by atoms with van der Waals surface area (Å²) in [6, 6.07) is 6.34. The molecule has 4 rings (SSSR count). The van der Waals surface area contributed by atoms with Gasteiger partial charge in [0.15, 0.2) is 36.1 Å². The minimum absolute atomic E-state index is 0.0234. The van der Waals surface area contributed by atoms with Crippen molar-refractivity contribution in [2.45, 2.75) is 49.8 Å². The number of carbonyl (C=O) groups is 1. The molecule has 7 atom stereocenters. The molecule has 0 aromatic heterocycles. The van der Waals surface area contributed by atoms with Crippen molar-refractivity contribution in [2.75, 3.05) is 7.11 Å². The van der Waals surface area contributed by atoms with Crippen molar-refractivity contribution in [1.29, 1.82) is 0 Å². The van der Waals surface area contributed by atoms with Gasteiger partial charge in [0, 0.05) is 12.1 Å². The quantitative estimate of drug-likeness (QED) is 0.202. The van der Waals surface area contributed by atoms with E-state index in [-0.39, 0.29) is 22.6 Å². The molecule has 1 fully saturated rings. The van der Waals surface area contributed by atoms with Crippen molar-refractivity contribution in [3.05, 3.63) is 41.5 Å².